The molecule has 0 aliphatic heterocycles. The number of aliphatic carboxylic acids is 3. The molecule has 1 aromatic carbocycles. The van der Waals surface area contributed by atoms with Gasteiger partial charge >= 0.3 is 17.9 Å². The third-order valence-corrected chi connectivity index (χ3v) is 4.30. The van der Waals surface area contributed by atoms with Crippen LogP contribution in [0.15, 0.2) is 18.2 Å². The Morgan fingerprint density at radius 3 is 2.29 bits per heavy atom. The minimum absolute atomic E-state index is 0.0103. The number of hydrogen-bond acceptors (Lipinski definition) is 5. The number of rotatable bonds is 7. The molecule has 2 rings (SSSR count). The van der Waals surface area contributed by atoms with Crippen molar-refractivity contribution in [2.24, 2.45) is 11.8 Å². The summed E-state index contributed by atoms with van der Waals surface area (Å²) in [5.41, 5.74) is 1.45. The predicted octanol–water partition coefficient (Wildman–Crippen LogP) is 0.528. The summed E-state index contributed by atoms with van der Waals surface area (Å²) in [6.45, 7) is -0.235. The van der Waals surface area contributed by atoms with Crippen molar-refractivity contribution in [3.05, 3.63) is 34.9 Å². The van der Waals surface area contributed by atoms with Gasteiger partial charge in [-0.05, 0) is 29.5 Å². The molecule has 3 unspecified atom stereocenters. The number of benzene rings is 1. The first kappa shape index (κ1) is 17.5. The fourth-order valence-electron chi connectivity index (χ4n) is 3.11. The van der Waals surface area contributed by atoms with Crippen molar-refractivity contribution >= 4 is 24.4 Å². The number of carbonyl (C=O) groups excluding carboxylic acids is 1. The molecule has 0 spiro atoms. The summed E-state index contributed by atoms with van der Waals surface area (Å²) in [5.74, 6) is -6.99. The topological polar surface area (TPSA) is 138 Å². The lowest BCUT2D eigenvalue weighted by Crippen LogP contribution is -2.37. The van der Waals surface area contributed by atoms with E-state index in [1.807, 2.05) is 0 Å². The second-order valence-corrected chi connectivity index (χ2v) is 5.60. The molecule has 0 radical (unpaired) electrons. The van der Waals surface area contributed by atoms with Gasteiger partial charge < -0.3 is 20.1 Å². The van der Waals surface area contributed by atoms with Gasteiger partial charge in [0.15, 0.2) is 0 Å². The lowest BCUT2D eigenvalue weighted by Gasteiger charge is -2.30. The van der Waals surface area contributed by atoms with Crippen molar-refractivity contribution in [2.45, 2.75) is 18.8 Å². The maximum Gasteiger partial charge on any atom is 0.314 e. The Morgan fingerprint density at radius 2 is 1.75 bits per heavy atom. The average Bonchev–Trinajstić information content (AvgIpc) is 2.53. The number of fused-ring (bicyclic) bond motifs is 1. The average molecular weight is 336 g/mol. The van der Waals surface area contributed by atoms with E-state index in [2.05, 4.69) is 4.74 Å². The third-order valence-electron chi connectivity index (χ3n) is 4.30. The first-order valence-corrected chi connectivity index (χ1v) is 7.21. The SMILES string of the molecule is O=COCC(C(=O)O)c1cccc2c1CC(C(=O)O)C(C(=O)O)C2. The van der Waals surface area contributed by atoms with E-state index in [0.29, 0.717) is 16.7 Å². The fraction of sp³-hybridized carbons (Fsp3) is 0.375. The molecule has 1 aliphatic rings. The number of carboxylic acid groups (broad SMARTS) is 3. The second kappa shape index (κ2) is 7.12. The molecule has 0 saturated heterocycles. The van der Waals surface area contributed by atoms with Gasteiger partial charge in [0.2, 0.25) is 0 Å². The molecule has 0 bridgehead atoms. The highest BCUT2D eigenvalue weighted by Gasteiger charge is 2.40. The van der Waals surface area contributed by atoms with Gasteiger partial charge in [-0.25, -0.2) is 0 Å². The summed E-state index contributed by atoms with van der Waals surface area (Å²) in [6, 6.07) is 4.78. The van der Waals surface area contributed by atoms with Crippen molar-refractivity contribution in [2.75, 3.05) is 6.61 Å². The Labute approximate surface area is 136 Å². The lowest BCUT2D eigenvalue weighted by molar-refractivity contribution is -0.154. The minimum Gasteiger partial charge on any atom is -0.481 e. The van der Waals surface area contributed by atoms with Crippen LogP contribution in [0.2, 0.25) is 0 Å². The fourth-order valence-corrected chi connectivity index (χ4v) is 3.11. The van der Waals surface area contributed by atoms with Gasteiger partial charge in [0.25, 0.3) is 6.47 Å². The standard InChI is InChI=1S/C16H16O8/c17-7-24-6-13(16(22)23)9-3-1-2-8-4-11(14(18)19)12(15(20)21)5-10(8)9/h1-3,7,11-13H,4-6H2,(H,18,19)(H,20,21)(H,22,23). The summed E-state index contributed by atoms with van der Waals surface area (Å²) >= 11 is 0. The highest BCUT2D eigenvalue weighted by Crippen LogP contribution is 2.35. The zero-order valence-corrected chi connectivity index (χ0v) is 12.5. The first-order valence-electron chi connectivity index (χ1n) is 7.21. The molecule has 3 N–H and O–H groups in total. The number of ether oxygens (including phenoxy) is 1. The Hall–Kier alpha value is -2.90. The predicted molar refractivity (Wildman–Crippen MR) is 78.5 cm³/mol. The summed E-state index contributed by atoms with van der Waals surface area (Å²) in [4.78, 5) is 44.6. The van der Waals surface area contributed by atoms with Crippen molar-refractivity contribution in [1.82, 2.24) is 0 Å². The van der Waals surface area contributed by atoms with Crippen molar-refractivity contribution in [3.8, 4) is 0 Å². The van der Waals surface area contributed by atoms with E-state index in [9.17, 15) is 34.5 Å². The Bertz CT molecular complexity index is 681. The highest BCUT2D eigenvalue weighted by molar-refractivity contribution is 5.82. The number of carboxylic acids is 3. The highest BCUT2D eigenvalue weighted by atomic mass is 16.5. The molecule has 3 atom stereocenters. The zero-order chi connectivity index (χ0) is 17.9. The van der Waals surface area contributed by atoms with Crippen LogP contribution in [0.3, 0.4) is 0 Å². The van der Waals surface area contributed by atoms with Crippen molar-refractivity contribution in [3.63, 3.8) is 0 Å². The van der Waals surface area contributed by atoms with E-state index >= 15 is 0 Å². The largest absolute Gasteiger partial charge is 0.481 e. The van der Waals surface area contributed by atoms with Gasteiger partial charge in [-0.15, -0.1) is 0 Å². The third kappa shape index (κ3) is 3.37. The van der Waals surface area contributed by atoms with Crippen LogP contribution in [0.5, 0.6) is 0 Å². The Balaban J connectivity index is 2.47. The molecular formula is C16H16O8. The van der Waals surface area contributed by atoms with Crippen molar-refractivity contribution in [1.29, 1.82) is 0 Å². The van der Waals surface area contributed by atoms with Crippen LogP contribution in [0.25, 0.3) is 0 Å². The van der Waals surface area contributed by atoms with Crippen LogP contribution in [-0.2, 0) is 36.8 Å². The van der Waals surface area contributed by atoms with E-state index in [1.165, 1.54) is 6.07 Å². The van der Waals surface area contributed by atoms with Crippen LogP contribution in [0.4, 0.5) is 0 Å². The van der Waals surface area contributed by atoms with E-state index in [-0.39, 0.29) is 25.9 Å². The summed E-state index contributed by atoms with van der Waals surface area (Å²) in [6.07, 6.45) is -0.0704. The Morgan fingerprint density at radius 1 is 1.12 bits per heavy atom. The van der Waals surface area contributed by atoms with Crippen LogP contribution < -0.4 is 0 Å². The van der Waals surface area contributed by atoms with Crippen LogP contribution in [-0.4, -0.2) is 46.3 Å². The number of carbonyl (C=O) groups is 4. The lowest BCUT2D eigenvalue weighted by atomic mass is 9.73. The monoisotopic (exact) mass is 336 g/mol. The summed E-state index contributed by atoms with van der Waals surface area (Å²) in [7, 11) is 0. The molecule has 0 fully saturated rings. The summed E-state index contributed by atoms with van der Waals surface area (Å²) < 4.78 is 4.56. The Kier molecular flexibility index (Phi) is 5.18. The molecule has 0 amide bonds. The molecule has 1 aliphatic carbocycles. The second-order valence-electron chi connectivity index (χ2n) is 5.60. The maximum atomic E-state index is 11.5. The van der Waals surface area contributed by atoms with Gasteiger partial charge in [0, 0.05) is 0 Å². The molecule has 8 nitrogen and oxygen atoms in total. The van der Waals surface area contributed by atoms with Gasteiger partial charge in [-0.2, -0.15) is 0 Å². The molecule has 0 saturated carbocycles. The van der Waals surface area contributed by atoms with Crippen LogP contribution >= 0.6 is 0 Å². The number of hydrogen-bond donors (Lipinski definition) is 3. The molecule has 128 valence electrons. The van der Waals surface area contributed by atoms with Gasteiger partial charge in [0.1, 0.15) is 12.5 Å². The molecular weight excluding hydrogens is 320 g/mol. The maximum absolute atomic E-state index is 11.5. The van der Waals surface area contributed by atoms with Crippen LogP contribution in [0.1, 0.15) is 22.6 Å². The van der Waals surface area contributed by atoms with E-state index in [1.54, 1.807) is 12.1 Å². The summed E-state index contributed by atoms with van der Waals surface area (Å²) in [5, 5.41) is 27.9. The minimum atomic E-state index is -1.24. The molecule has 8 heteroatoms. The first-order chi connectivity index (χ1) is 11.4. The van der Waals surface area contributed by atoms with Crippen LogP contribution in [0, 0.1) is 11.8 Å². The van der Waals surface area contributed by atoms with Gasteiger partial charge in [-0.1, -0.05) is 18.2 Å². The molecule has 24 heavy (non-hydrogen) atoms. The smallest absolute Gasteiger partial charge is 0.314 e. The van der Waals surface area contributed by atoms with Crippen molar-refractivity contribution < 1.29 is 39.2 Å². The molecule has 1 aromatic rings. The quantitative estimate of drug-likeness (QED) is 0.613. The molecule has 0 aromatic heterocycles. The van der Waals surface area contributed by atoms with E-state index < -0.39 is 35.7 Å². The van der Waals surface area contributed by atoms with Gasteiger partial charge in [0.05, 0.1) is 11.8 Å². The normalized spacial score (nSPS) is 20.5. The van der Waals surface area contributed by atoms with E-state index in [0.717, 1.165) is 0 Å². The van der Waals surface area contributed by atoms with Gasteiger partial charge in [-0.3, -0.25) is 19.2 Å². The molecule has 0 heterocycles. The van der Waals surface area contributed by atoms with E-state index in [4.69, 9.17) is 0 Å². The zero-order valence-electron chi connectivity index (χ0n) is 12.5.